The van der Waals surface area contributed by atoms with Crippen molar-refractivity contribution in [1.82, 2.24) is 10.2 Å². The molecule has 0 unspecified atom stereocenters. The van der Waals surface area contributed by atoms with E-state index in [0.29, 0.717) is 13.1 Å². The molecule has 1 N–H and O–H groups in total. The maximum atomic E-state index is 11.4. The van der Waals surface area contributed by atoms with Gasteiger partial charge in [-0.1, -0.05) is 13.8 Å². The van der Waals surface area contributed by atoms with E-state index in [1.54, 1.807) is 4.90 Å². The molecule has 14 heavy (non-hydrogen) atoms. The Hall–Kier alpha value is -1.06. The molecule has 0 saturated carbocycles. The number of rotatable bonds is 5. The molecule has 0 aliphatic rings. The zero-order valence-electron chi connectivity index (χ0n) is 9.46. The predicted octanol–water partition coefficient (Wildman–Crippen LogP) is 1.26. The number of urea groups is 1. The number of Topliss-reactive ketones (excluding diaryl/α,β-unsaturated/α-hetero) is 1. The van der Waals surface area contributed by atoms with Gasteiger partial charge in [-0.05, 0) is 13.8 Å². The van der Waals surface area contributed by atoms with E-state index in [9.17, 15) is 9.59 Å². The molecule has 0 atom stereocenters. The molecule has 0 aliphatic heterocycles. The summed E-state index contributed by atoms with van der Waals surface area (Å²) in [6, 6.07) is -0.163. The lowest BCUT2D eigenvalue weighted by molar-refractivity contribution is -0.120. The fourth-order valence-corrected chi connectivity index (χ4v) is 0.989. The third-order valence-electron chi connectivity index (χ3n) is 2.11. The number of hydrogen-bond donors (Lipinski definition) is 1. The van der Waals surface area contributed by atoms with Crippen molar-refractivity contribution in [2.75, 3.05) is 19.6 Å². The second-order valence-corrected chi connectivity index (χ2v) is 3.45. The standard InChI is InChI=1S/C10H20N2O2/c1-5-12(6-2)10(14)11-7-9(13)8(3)4/h8H,5-7H2,1-4H3,(H,11,14). The van der Waals surface area contributed by atoms with E-state index in [1.807, 2.05) is 27.7 Å². The van der Waals surface area contributed by atoms with E-state index in [2.05, 4.69) is 5.32 Å². The zero-order chi connectivity index (χ0) is 11.1. The Labute approximate surface area is 85.7 Å². The fourth-order valence-electron chi connectivity index (χ4n) is 0.989. The average molecular weight is 200 g/mol. The summed E-state index contributed by atoms with van der Waals surface area (Å²) in [7, 11) is 0. The van der Waals surface area contributed by atoms with Crippen molar-refractivity contribution >= 4 is 11.8 Å². The van der Waals surface area contributed by atoms with Crippen molar-refractivity contribution in [1.29, 1.82) is 0 Å². The third kappa shape index (κ3) is 4.25. The van der Waals surface area contributed by atoms with Gasteiger partial charge in [-0.2, -0.15) is 0 Å². The largest absolute Gasteiger partial charge is 0.331 e. The lowest BCUT2D eigenvalue weighted by atomic mass is 10.1. The van der Waals surface area contributed by atoms with Crippen LogP contribution in [0, 0.1) is 5.92 Å². The van der Waals surface area contributed by atoms with Crippen molar-refractivity contribution in [2.45, 2.75) is 27.7 Å². The normalized spacial score (nSPS) is 10.1. The van der Waals surface area contributed by atoms with Crippen LogP contribution in [0.25, 0.3) is 0 Å². The second kappa shape index (κ2) is 6.40. The van der Waals surface area contributed by atoms with E-state index in [0.717, 1.165) is 0 Å². The Morgan fingerprint density at radius 3 is 2.07 bits per heavy atom. The van der Waals surface area contributed by atoms with Crippen LogP contribution in [-0.4, -0.2) is 36.3 Å². The molecule has 0 spiro atoms. The molecule has 0 fully saturated rings. The topological polar surface area (TPSA) is 49.4 Å². The van der Waals surface area contributed by atoms with Gasteiger partial charge in [-0.3, -0.25) is 4.79 Å². The Bertz CT molecular complexity index is 198. The van der Waals surface area contributed by atoms with Crippen LogP contribution in [0.15, 0.2) is 0 Å². The summed E-state index contributed by atoms with van der Waals surface area (Å²) in [5.74, 6) is 0.0394. The highest BCUT2D eigenvalue weighted by Crippen LogP contribution is 1.93. The molecular weight excluding hydrogens is 180 g/mol. The summed E-state index contributed by atoms with van der Waals surface area (Å²) < 4.78 is 0. The summed E-state index contributed by atoms with van der Waals surface area (Å²) in [6.07, 6.45) is 0. The average Bonchev–Trinajstić information content (AvgIpc) is 2.15. The van der Waals surface area contributed by atoms with Crippen LogP contribution in [0.5, 0.6) is 0 Å². The van der Waals surface area contributed by atoms with Gasteiger partial charge in [0.15, 0.2) is 5.78 Å². The molecule has 2 amide bonds. The number of nitrogens with zero attached hydrogens (tertiary/aromatic N) is 1. The summed E-state index contributed by atoms with van der Waals surface area (Å²) in [5, 5.41) is 2.60. The number of hydrogen-bond acceptors (Lipinski definition) is 2. The minimum Gasteiger partial charge on any atom is -0.331 e. The lowest BCUT2D eigenvalue weighted by Crippen LogP contribution is -2.42. The van der Waals surface area contributed by atoms with Crippen LogP contribution < -0.4 is 5.32 Å². The van der Waals surface area contributed by atoms with Gasteiger partial charge < -0.3 is 10.2 Å². The minimum absolute atomic E-state index is 0.0213. The molecule has 0 aromatic carbocycles. The number of carbonyl (C=O) groups excluding carboxylic acids is 2. The molecule has 4 nitrogen and oxygen atoms in total. The molecule has 0 aliphatic carbocycles. The SMILES string of the molecule is CCN(CC)C(=O)NCC(=O)C(C)C. The van der Waals surface area contributed by atoms with Crippen molar-refractivity contribution in [3.63, 3.8) is 0 Å². The summed E-state index contributed by atoms with van der Waals surface area (Å²) >= 11 is 0. The van der Waals surface area contributed by atoms with Crippen molar-refractivity contribution in [3.05, 3.63) is 0 Å². The first kappa shape index (κ1) is 12.9. The third-order valence-corrected chi connectivity index (χ3v) is 2.11. The van der Waals surface area contributed by atoms with E-state index < -0.39 is 0 Å². The maximum Gasteiger partial charge on any atom is 0.317 e. The fraction of sp³-hybridized carbons (Fsp3) is 0.800. The van der Waals surface area contributed by atoms with Crippen molar-refractivity contribution < 1.29 is 9.59 Å². The van der Waals surface area contributed by atoms with Gasteiger partial charge in [0.1, 0.15) is 0 Å². The molecule has 0 bridgehead atoms. The number of carbonyl (C=O) groups is 2. The highest BCUT2D eigenvalue weighted by atomic mass is 16.2. The Kier molecular flexibility index (Phi) is 5.92. The van der Waals surface area contributed by atoms with Crippen LogP contribution in [0.4, 0.5) is 4.79 Å². The molecule has 0 heterocycles. The maximum absolute atomic E-state index is 11.4. The van der Waals surface area contributed by atoms with Crippen LogP contribution in [0.3, 0.4) is 0 Å². The van der Waals surface area contributed by atoms with Gasteiger partial charge in [0, 0.05) is 19.0 Å². The molecule has 0 aromatic rings. The monoisotopic (exact) mass is 200 g/mol. The first-order valence-electron chi connectivity index (χ1n) is 5.08. The molecule has 0 radical (unpaired) electrons. The van der Waals surface area contributed by atoms with Crippen LogP contribution in [0.1, 0.15) is 27.7 Å². The molecule has 82 valence electrons. The van der Waals surface area contributed by atoms with Gasteiger partial charge in [0.25, 0.3) is 0 Å². The summed E-state index contributed by atoms with van der Waals surface area (Å²) in [4.78, 5) is 24.3. The van der Waals surface area contributed by atoms with Gasteiger partial charge >= 0.3 is 6.03 Å². The quantitative estimate of drug-likeness (QED) is 0.726. The van der Waals surface area contributed by atoms with Crippen molar-refractivity contribution in [3.8, 4) is 0 Å². The molecule has 0 aromatic heterocycles. The number of nitrogens with one attached hydrogen (secondary N) is 1. The van der Waals surface area contributed by atoms with E-state index in [-0.39, 0.29) is 24.3 Å². The van der Waals surface area contributed by atoms with Gasteiger partial charge in [-0.25, -0.2) is 4.79 Å². The Morgan fingerprint density at radius 2 is 1.71 bits per heavy atom. The highest BCUT2D eigenvalue weighted by molar-refractivity contribution is 5.86. The van der Waals surface area contributed by atoms with E-state index >= 15 is 0 Å². The smallest absolute Gasteiger partial charge is 0.317 e. The first-order valence-corrected chi connectivity index (χ1v) is 5.08. The molecule has 0 saturated heterocycles. The van der Waals surface area contributed by atoms with Gasteiger partial charge in [0.05, 0.1) is 6.54 Å². The number of amides is 2. The minimum atomic E-state index is -0.163. The molecule has 4 heteroatoms. The van der Waals surface area contributed by atoms with Crippen LogP contribution >= 0.6 is 0 Å². The van der Waals surface area contributed by atoms with Crippen LogP contribution in [-0.2, 0) is 4.79 Å². The molecule has 0 rings (SSSR count). The summed E-state index contributed by atoms with van der Waals surface area (Å²) in [6.45, 7) is 8.93. The first-order chi connectivity index (χ1) is 6.52. The van der Waals surface area contributed by atoms with E-state index in [4.69, 9.17) is 0 Å². The van der Waals surface area contributed by atoms with E-state index in [1.165, 1.54) is 0 Å². The van der Waals surface area contributed by atoms with Gasteiger partial charge in [0.2, 0.25) is 0 Å². The van der Waals surface area contributed by atoms with Crippen LogP contribution in [0.2, 0.25) is 0 Å². The number of ketones is 1. The highest BCUT2D eigenvalue weighted by Gasteiger charge is 2.12. The van der Waals surface area contributed by atoms with Gasteiger partial charge in [-0.15, -0.1) is 0 Å². The second-order valence-electron chi connectivity index (χ2n) is 3.45. The predicted molar refractivity (Wildman–Crippen MR) is 56.2 cm³/mol. The lowest BCUT2D eigenvalue weighted by Gasteiger charge is -2.19. The molecular formula is C10H20N2O2. The Morgan fingerprint density at radius 1 is 1.21 bits per heavy atom. The van der Waals surface area contributed by atoms with Crippen molar-refractivity contribution in [2.24, 2.45) is 5.92 Å². The summed E-state index contributed by atoms with van der Waals surface area (Å²) in [5.41, 5.74) is 0. The zero-order valence-corrected chi connectivity index (χ0v) is 9.46. The Balaban J connectivity index is 3.89.